The molecule has 0 aliphatic heterocycles. The van der Waals surface area contributed by atoms with E-state index < -0.39 is 40.5 Å². The molecule has 11 heteroatoms. The number of aromatic nitrogens is 3. The summed E-state index contributed by atoms with van der Waals surface area (Å²) in [4.78, 5) is 11.9. The van der Waals surface area contributed by atoms with Crippen molar-refractivity contribution in [2.45, 2.75) is 6.18 Å². The predicted molar refractivity (Wildman–Crippen MR) is 98.1 cm³/mol. The molecule has 0 saturated heterocycles. The number of nitrogens with zero attached hydrogens (tertiary/aromatic N) is 3. The number of phenols is 1. The first-order valence-electron chi connectivity index (χ1n) is 8.60. The summed E-state index contributed by atoms with van der Waals surface area (Å²) in [5.74, 6) is -3.11. The molecular formula is C20H11F4N3O4. The van der Waals surface area contributed by atoms with Crippen molar-refractivity contribution in [3.05, 3.63) is 71.8 Å². The molecule has 0 fully saturated rings. The summed E-state index contributed by atoms with van der Waals surface area (Å²) in [6.07, 6.45) is -4.21. The number of alkyl halides is 3. The fourth-order valence-corrected chi connectivity index (χ4v) is 3.08. The van der Waals surface area contributed by atoms with Gasteiger partial charge in [0.1, 0.15) is 22.8 Å². The Labute approximate surface area is 170 Å². The Morgan fingerprint density at radius 2 is 1.81 bits per heavy atom. The largest absolute Gasteiger partial charge is 0.508 e. The molecule has 0 bridgehead atoms. The van der Waals surface area contributed by atoms with E-state index in [4.69, 9.17) is 4.52 Å². The second-order valence-corrected chi connectivity index (χ2v) is 6.38. The Morgan fingerprint density at radius 3 is 2.42 bits per heavy atom. The third-order valence-electron chi connectivity index (χ3n) is 4.38. The molecule has 2 aromatic carbocycles. The lowest BCUT2D eigenvalue weighted by Gasteiger charge is -2.12. The lowest BCUT2D eigenvalue weighted by Crippen LogP contribution is -2.15. The smallest absolute Gasteiger partial charge is 0.434 e. The van der Waals surface area contributed by atoms with Crippen LogP contribution in [0.25, 0.3) is 28.3 Å². The van der Waals surface area contributed by atoms with E-state index in [1.165, 1.54) is 36.4 Å². The van der Waals surface area contributed by atoms with Gasteiger partial charge in [-0.1, -0.05) is 11.2 Å². The van der Waals surface area contributed by atoms with Gasteiger partial charge in [-0.25, -0.2) is 13.9 Å². The summed E-state index contributed by atoms with van der Waals surface area (Å²) in [6.45, 7) is 0. The topological polar surface area (TPSA) is 101 Å². The fourth-order valence-electron chi connectivity index (χ4n) is 3.08. The highest BCUT2D eigenvalue weighted by molar-refractivity contribution is 6.00. The van der Waals surface area contributed by atoms with Crippen LogP contribution in [0.4, 0.5) is 17.6 Å². The second kappa shape index (κ2) is 7.27. The van der Waals surface area contributed by atoms with Crippen LogP contribution >= 0.6 is 0 Å². The number of phenolic OH excluding ortho intramolecular Hbond substituents is 1. The normalized spacial score (nSPS) is 11.6. The number of hydrogen-bond donors (Lipinski definition) is 2. The van der Waals surface area contributed by atoms with E-state index in [-0.39, 0.29) is 22.7 Å². The standard InChI is InChI=1S/C20H11F4N3O4/c21-11-2-1-3-12(8-11)27-18(20(22,23)24)14(9-25-27)17-15(19(29)30)16(26-31-17)10-4-6-13(28)7-5-10/h1-9,28H,(H,29,30). The van der Waals surface area contributed by atoms with Gasteiger partial charge in [-0.2, -0.15) is 18.3 Å². The molecule has 0 atom stereocenters. The highest BCUT2D eigenvalue weighted by Gasteiger charge is 2.41. The molecular weight excluding hydrogens is 422 g/mol. The summed E-state index contributed by atoms with van der Waals surface area (Å²) in [7, 11) is 0. The van der Waals surface area contributed by atoms with Gasteiger partial charge in [0.2, 0.25) is 0 Å². The maximum absolute atomic E-state index is 13.9. The van der Waals surface area contributed by atoms with E-state index in [1.807, 2.05) is 0 Å². The molecule has 4 aromatic rings. The lowest BCUT2D eigenvalue weighted by molar-refractivity contribution is -0.142. The van der Waals surface area contributed by atoms with E-state index in [0.29, 0.717) is 4.68 Å². The zero-order valence-electron chi connectivity index (χ0n) is 15.3. The van der Waals surface area contributed by atoms with Crippen LogP contribution in [0.5, 0.6) is 5.75 Å². The SMILES string of the molecule is O=C(O)c1c(-c2ccc(O)cc2)noc1-c1cnn(-c2cccc(F)c2)c1C(F)(F)F. The molecule has 2 aromatic heterocycles. The molecule has 158 valence electrons. The lowest BCUT2D eigenvalue weighted by atomic mass is 10.0. The van der Waals surface area contributed by atoms with Crippen LogP contribution in [-0.4, -0.2) is 31.1 Å². The summed E-state index contributed by atoms with van der Waals surface area (Å²) in [5.41, 5.74) is -2.88. The Kier molecular flexibility index (Phi) is 4.72. The number of rotatable bonds is 4. The van der Waals surface area contributed by atoms with Gasteiger partial charge in [0.25, 0.3) is 0 Å². The first-order chi connectivity index (χ1) is 14.7. The van der Waals surface area contributed by atoms with Crippen molar-refractivity contribution in [2.75, 3.05) is 0 Å². The molecule has 4 rings (SSSR count). The molecule has 0 aliphatic carbocycles. The minimum Gasteiger partial charge on any atom is -0.508 e. The minimum absolute atomic E-state index is 0.0972. The summed E-state index contributed by atoms with van der Waals surface area (Å²) < 4.78 is 60.8. The van der Waals surface area contributed by atoms with E-state index in [9.17, 15) is 32.6 Å². The highest BCUT2D eigenvalue weighted by Crippen LogP contribution is 2.41. The van der Waals surface area contributed by atoms with E-state index in [0.717, 1.165) is 18.3 Å². The maximum atomic E-state index is 13.9. The van der Waals surface area contributed by atoms with Gasteiger partial charge in [0.15, 0.2) is 11.5 Å². The zero-order valence-corrected chi connectivity index (χ0v) is 15.3. The number of carboxylic acid groups (broad SMARTS) is 1. The van der Waals surface area contributed by atoms with Gasteiger partial charge < -0.3 is 14.7 Å². The summed E-state index contributed by atoms with van der Waals surface area (Å²) >= 11 is 0. The van der Waals surface area contributed by atoms with Crippen LogP contribution < -0.4 is 0 Å². The number of hydrogen-bond acceptors (Lipinski definition) is 5. The average Bonchev–Trinajstić information content (AvgIpc) is 3.33. The van der Waals surface area contributed by atoms with Crippen molar-refractivity contribution in [1.29, 1.82) is 0 Å². The van der Waals surface area contributed by atoms with Gasteiger partial charge in [0, 0.05) is 5.56 Å². The van der Waals surface area contributed by atoms with Crippen LogP contribution in [-0.2, 0) is 6.18 Å². The highest BCUT2D eigenvalue weighted by atomic mass is 19.4. The quantitative estimate of drug-likeness (QED) is 0.450. The zero-order chi connectivity index (χ0) is 22.3. The van der Waals surface area contributed by atoms with Crippen LogP contribution in [0.1, 0.15) is 16.1 Å². The predicted octanol–water partition coefficient (Wildman–Crippen LogP) is 4.76. The molecule has 0 aliphatic rings. The molecule has 0 spiro atoms. The Balaban J connectivity index is 1.95. The Hall–Kier alpha value is -4.15. The second-order valence-electron chi connectivity index (χ2n) is 6.38. The van der Waals surface area contributed by atoms with Gasteiger partial charge in [-0.05, 0) is 42.5 Å². The number of aromatic hydroxyl groups is 1. The summed E-state index contributed by atoms with van der Waals surface area (Å²) in [6, 6.07) is 9.55. The van der Waals surface area contributed by atoms with E-state index in [2.05, 4.69) is 10.3 Å². The number of carboxylic acids is 1. The summed E-state index contributed by atoms with van der Waals surface area (Å²) in [5, 5.41) is 26.4. The molecule has 0 amide bonds. The number of halogens is 4. The third-order valence-corrected chi connectivity index (χ3v) is 4.38. The van der Waals surface area contributed by atoms with E-state index in [1.54, 1.807) is 0 Å². The van der Waals surface area contributed by atoms with Crippen LogP contribution in [0.15, 0.2) is 59.3 Å². The van der Waals surface area contributed by atoms with E-state index >= 15 is 0 Å². The molecule has 2 N–H and O–H groups in total. The molecule has 0 saturated carbocycles. The first-order valence-corrected chi connectivity index (χ1v) is 8.60. The van der Waals surface area contributed by atoms with Crippen molar-refractivity contribution in [2.24, 2.45) is 0 Å². The number of aromatic carboxylic acids is 1. The molecule has 2 heterocycles. The maximum Gasteiger partial charge on any atom is 0.434 e. The van der Waals surface area contributed by atoms with Crippen molar-refractivity contribution >= 4 is 5.97 Å². The Bertz CT molecular complexity index is 1280. The number of benzene rings is 2. The van der Waals surface area contributed by atoms with Crippen LogP contribution in [0.3, 0.4) is 0 Å². The molecule has 0 unspecified atom stereocenters. The minimum atomic E-state index is -4.99. The fraction of sp³-hybridized carbons (Fsp3) is 0.0500. The van der Waals surface area contributed by atoms with Crippen molar-refractivity contribution in [1.82, 2.24) is 14.9 Å². The van der Waals surface area contributed by atoms with Gasteiger partial charge in [-0.15, -0.1) is 0 Å². The Morgan fingerprint density at radius 1 is 1.10 bits per heavy atom. The number of carbonyl (C=O) groups is 1. The molecule has 0 radical (unpaired) electrons. The van der Waals surface area contributed by atoms with Crippen LogP contribution in [0, 0.1) is 5.82 Å². The van der Waals surface area contributed by atoms with Crippen molar-refractivity contribution in [3.63, 3.8) is 0 Å². The van der Waals surface area contributed by atoms with Gasteiger partial charge >= 0.3 is 12.1 Å². The first kappa shape index (κ1) is 20.1. The van der Waals surface area contributed by atoms with Crippen LogP contribution in [0.2, 0.25) is 0 Å². The molecule has 31 heavy (non-hydrogen) atoms. The third kappa shape index (κ3) is 3.61. The van der Waals surface area contributed by atoms with Gasteiger partial charge in [0.05, 0.1) is 17.4 Å². The molecule has 7 nitrogen and oxygen atoms in total. The average molecular weight is 433 g/mol. The van der Waals surface area contributed by atoms with Crippen molar-refractivity contribution in [3.8, 4) is 34.0 Å². The monoisotopic (exact) mass is 433 g/mol. The van der Waals surface area contributed by atoms with Crippen molar-refractivity contribution < 1.29 is 37.1 Å². The van der Waals surface area contributed by atoms with Gasteiger partial charge in [-0.3, -0.25) is 0 Å².